The Kier molecular flexibility index (Phi) is 4.55. The van der Waals surface area contributed by atoms with Crippen molar-refractivity contribution < 1.29 is 9.32 Å². The Morgan fingerprint density at radius 3 is 2.73 bits per heavy atom. The second-order valence-electron chi connectivity index (χ2n) is 6.61. The lowest BCUT2D eigenvalue weighted by Crippen LogP contribution is -2.38. The van der Waals surface area contributed by atoms with Crippen LogP contribution in [0.15, 0.2) is 33.7 Å². The number of amides is 1. The molecule has 134 valence electrons. The number of thiazole rings is 1. The molecule has 26 heavy (non-hydrogen) atoms. The fourth-order valence-electron chi connectivity index (χ4n) is 3.58. The topological polar surface area (TPSA) is 72.1 Å². The van der Waals surface area contributed by atoms with E-state index in [0.717, 1.165) is 54.2 Å². The Morgan fingerprint density at radius 1 is 1.27 bits per heavy atom. The van der Waals surface area contributed by atoms with E-state index in [1.54, 1.807) is 5.51 Å². The minimum absolute atomic E-state index is 0.0298. The molecular formula is C19H20N4O2S. The van der Waals surface area contributed by atoms with Crippen LogP contribution >= 0.6 is 11.3 Å². The van der Waals surface area contributed by atoms with Gasteiger partial charge in [0.2, 0.25) is 0 Å². The number of likely N-dealkylation sites (tertiary alicyclic amines) is 1. The van der Waals surface area contributed by atoms with Gasteiger partial charge in [-0.05, 0) is 44.4 Å². The van der Waals surface area contributed by atoms with Crippen LogP contribution < -0.4 is 0 Å². The lowest BCUT2D eigenvalue weighted by atomic mass is 9.91. The predicted molar refractivity (Wildman–Crippen MR) is 99.2 cm³/mol. The number of aryl methyl sites for hydroxylation is 2. The van der Waals surface area contributed by atoms with Gasteiger partial charge >= 0.3 is 0 Å². The van der Waals surface area contributed by atoms with Crippen molar-refractivity contribution in [2.45, 2.75) is 32.6 Å². The van der Waals surface area contributed by atoms with E-state index in [-0.39, 0.29) is 5.91 Å². The maximum absolute atomic E-state index is 12.4. The van der Waals surface area contributed by atoms with E-state index in [1.165, 1.54) is 11.3 Å². The molecule has 0 radical (unpaired) electrons. The molecule has 0 unspecified atom stereocenters. The van der Waals surface area contributed by atoms with Gasteiger partial charge in [0.05, 0.1) is 11.2 Å². The van der Waals surface area contributed by atoms with Gasteiger partial charge in [0.1, 0.15) is 11.5 Å². The molecule has 4 rings (SSSR count). The van der Waals surface area contributed by atoms with Crippen LogP contribution in [-0.4, -0.2) is 39.0 Å². The zero-order valence-electron chi connectivity index (χ0n) is 14.8. The van der Waals surface area contributed by atoms with Crippen LogP contribution in [0, 0.1) is 13.8 Å². The van der Waals surface area contributed by atoms with Crippen molar-refractivity contribution in [1.82, 2.24) is 20.0 Å². The zero-order chi connectivity index (χ0) is 18.1. The number of rotatable bonds is 3. The van der Waals surface area contributed by atoms with Gasteiger partial charge < -0.3 is 9.42 Å². The molecule has 0 aromatic carbocycles. The largest absolute Gasteiger partial charge is 0.361 e. The summed E-state index contributed by atoms with van der Waals surface area (Å²) in [6.45, 7) is 5.35. The second kappa shape index (κ2) is 6.99. The van der Waals surface area contributed by atoms with Crippen LogP contribution in [0.2, 0.25) is 0 Å². The summed E-state index contributed by atoms with van der Waals surface area (Å²) in [6.07, 6.45) is 3.67. The van der Waals surface area contributed by atoms with Crippen LogP contribution in [0.1, 0.15) is 46.4 Å². The third-order valence-electron chi connectivity index (χ3n) is 4.96. The summed E-state index contributed by atoms with van der Waals surface area (Å²) in [5.74, 6) is 1.21. The quantitative estimate of drug-likeness (QED) is 0.702. The lowest BCUT2D eigenvalue weighted by Gasteiger charge is -2.31. The van der Waals surface area contributed by atoms with Crippen LogP contribution in [0.25, 0.3) is 11.1 Å². The van der Waals surface area contributed by atoms with Crippen LogP contribution in [0.4, 0.5) is 0 Å². The Bertz CT molecular complexity index is 892. The van der Waals surface area contributed by atoms with Crippen molar-refractivity contribution in [1.29, 1.82) is 0 Å². The first-order valence-electron chi connectivity index (χ1n) is 8.70. The average Bonchev–Trinajstić information content (AvgIpc) is 3.32. The van der Waals surface area contributed by atoms with Gasteiger partial charge in [-0.15, -0.1) is 11.3 Å². The Balaban J connectivity index is 1.48. The normalized spacial score (nSPS) is 15.4. The molecule has 0 bridgehead atoms. The highest BCUT2D eigenvalue weighted by molar-refractivity contribution is 7.07. The monoisotopic (exact) mass is 368 g/mol. The molecule has 1 aliphatic heterocycles. The van der Waals surface area contributed by atoms with E-state index in [1.807, 2.05) is 36.4 Å². The highest BCUT2D eigenvalue weighted by Gasteiger charge is 2.26. The maximum Gasteiger partial charge on any atom is 0.273 e. The van der Waals surface area contributed by atoms with E-state index in [0.29, 0.717) is 11.6 Å². The molecule has 7 heteroatoms. The second-order valence-corrected chi connectivity index (χ2v) is 7.33. The van der Waals surface area contributed by atoms with Gasteiger partial charge in [0, 0.05) is 41.8 Å². The highest BCUT2D eigenvalue weighted by Crippen LogP contribution is 2.32. The number of hydrogen-bond donors (Lipinski definition) is 0. The number of hydrogen-bond acceptors (Lipinski definition) is 6. The van der Waals surface area contributed by atoms with Gasteiger partial charge in [-0.2, -0.15) is 0 Å². The summed E-state index contributed by atoms with van der Waals surface area (Å²) in [4.78, 5) is 23.0. The predicted octanol–water partition coefficient (Wildman–Crippen LogP) is 3.83. The van der Waals surface area contributed by atoms with Crippen LogP contribution in [0.3, 0.4) is 0 Å². The molecule has 0 atom stereocenters. The lowest BCUT2D eigenvalue weighted by molar-refractivity contribution is 0.0707. The zero-order valence-corrected chi connectivity index (χ0v) is 15.6. The number of pyridine rings is 1. The number of nitrogens with zero attached hydrogens (tertiary/aromatic N) is 4. The first-order chi connectivity index (χ1) is 12.6. The van der Waals surface area contributed by atoms with Crippen molar-refractivity contribution in [2.75, 3.05) is 13.1 Å². The fraction of sp³-hybridized carbons (Fsp3) is 0.368. The number of carbonyl (C=O) groups is 1. The molecule has 4 heterocycles. The summed E-state index contributed by atoms with van der Waals surface area (Å²) < 4.78 is 5.29. The smallest absolute Gasteiger partial charge is 0.273 e. The number of aromatic nitrogens is 3. The molecule has 1 saturated heterocycles. The van der Waals surface area contributed by atoms with E-state index in [2.05, 4.69) is 21.2 Å². The molecule has 0 N–H and O–H groups in total. The van der Waals surface area contributed by atoms with E-state index in [4.69, 9.17) is 4.52 Å². The Morgan fingerprint density at radius 2 is 2.08 bits per heavy atom. The first kappa shape index (κ1) is 16.9. The van der Waals surface area contributed by atoms with E-state index >= 15 is 0 Å². The molecule has 1 amide bonds. The van der Waals surface area contributed by atoms with E-state index < -0.39 is 0 Å². The summed E-state index contributed by atoms with van der Waals surface area (Å²) in [7, 11) is 0. The number of carbonyl (C=O) groups excluding carboxylic acids is 1. The molecule has 1 fully saturated rings. The van der Waals surface area contributed by atoms with Crippen LogP contribution in [0.5, 0.6) is 0 Å². The molecular weight excluding hydrogens is 348 g/mol. The molecule has 0 saturated carbocycles. The van der Waals surface area contributed by atoms with Crippen molar-refractivity contribution >= 4 is 17.2 Å². The summed E-state index contributed by atoms with van der Waals surface area (Å²) in [5.41, 5.74) is 6.35. The summed E-state index contributed by atoms with van der Waals surface area (Å²) >= 11 is 1.45. The molecule has 6 nitrogen and oxygen atoms in total. The maximum atomic E-state index is 12.4. The highest BCUT2D eigenvalue weighted by atomic mass is 32.1. The molecule has 0 spiro atoms. The molecule has 1 aliphatic rings. The van der Waals surface area contributed by atoms with E-state index in [9.17, 15) is 4.79 Å². The van der Waals surface area contributed by atoms with Gasteiger partial charge in [-0.3, -0.25) is 9.78 Å². The Labute approximate surface area is 155 Å². The molecule has 3 aromatic rings. The van der Waals surface area contributed by atoms with Crippen molar-refractivity contribution in [2.24, 2.45) is 0 Å². The molecule has 3 aromatic heterocycles. The summed E-state index contributed by atoms with van der Waals surface area (Å²) in [6, 6.07) is 4.13. The fourth-order valence-corrected chi connectivity index (χ4v) is 4.11. The Hall–Kier alpha value is -2.54. The minimum atomic E-state index is 0.0298. The SMILES string of the molecule is Cc1noc(C)c1-c1ccnc(C2CCN(C(=O)c3cscn3)CC2)c1. The third kappa shape index (κ3) is 3.14. The third-order valence-corrected chi connectivity index (χ3v) is 5.54. The van der Waals surface area contributed by atoms with Crippen molar-refractivity contribution in [3.8, 4) is 11.1 Å². The first-order valence-corrected chi connectivity index (χ1v) is 9.64. The van der Waals surface area contributed by atoms with Crippen molar-refractivity contribution in [3.05, 3.63) is 52.1 Å². The minimum Gasteiger partial charge on any atom is -0.361 e. The van der Waals surface area contributed by atoms with Gasteiger partial charge in [0.25, 0.3) is 5.91 Å². The van der Waals surface area contributed by atoms with Crippen molar-refractivity contribution in [3.63, 3.8) is 0 Å². The van der Waals surface area contributed by atoms with Gasteiger partial charge in [0.15, 0.2) is 0 Å². The average molecular weight is 368 g/mol. The van der Waals surface area contributed by atoms with Gasteiger partial charge in [-0.25, -0.2) is 4.98 Å². The standard InChI is InChI=1S/C19H20N4O2S/c1-12-18(13(2)25-22-12)15-3-6-20-16(9-15)14-4-7-23(8-5-14)19(24)17-10-26-11-21-17/h3,6,9-11,14H,4-5,7-8H2,1-2H3. The molecule has 0 aliphatic carbocycles. The summed E-state index contributed by atoms with van der Waals surface area (Å²) in [5, 5.41) is 5.85. The van der Waals surface area contributed by atoms with Gasteiger partial charge in [-0.1, -0.05) is 5.16 Å². The van der Waals surface area contributed by atoms with Crippen LogP contribution in [-0.2, 0) is 0 Å². The number of piperidine rings is 1.